The first-order valence-corrected chi connectivity index (χ1v) is 6.56. The number of nitrogens with one attached hydrogen (secondary N) is 2. The second-order valence-electron chi connectivity index (χ2n) is 5.35. The molecule has 7 heteroatoms. The first kappa shape index (κ1) is 18.2. The summed E-state index contributed by atoms with van der Waals surface area (Å²) in [5.41, 5.74) is -0.0535. The molecule has 116 valence electrons. The molecule has 3 N–H and O–H groups in total. The molecule has 1 atom stereocenters. The SMILES string of the molecule is CCC(C)(C)CNC(=O)N[C@H](CCC(=O)OC)C(=O)O. The van der Waals surface area contributed by atoms with E-state index in [1.165, 1.54) is 7.11 Å². The van der Waals surface area contributed by atoms with Crippen LogP contribution in [-0.2, 0) is 14.3 Å². The summed E-state index contributed by atoms with van der Waals surface area (Å²) < 4.78 is 4.43. The molecule has 0 aliphatic carbocycles. The Labute approximate surface area is 119 Å². The van der Waals surface area contributed by atoms with Crippen molar-refractivity contribution in [3.8, 4) is 0 Å². The van der Waals surface area contributed by atoms with Crippen molar-refractivity contribution in [3.63, 3.8) is 0 Å². The van der Waals surface area contributed by atoms with Crippen LogP contribution in [0.2, 0.25) is 0 Å². The zero-order valence-electron chi connectivity index (χ0n) is 12.5. The Morgan fingerprint density at radius 2 is 1.90 bits per heavy atom. The van der Waals surface area contributed by atoms with Gasteiger partial charge in [-0.15, -0.1) is 0 Å². The van der Waals surface area contributed by atoms with Crippen molar-refractivity contribution in [1.29, 1.82) is 0 Å². The van der Waals surface area contributed by atoms with Gasteiger partial charge in [-0.25, -0.2) is 9.59 Å². The highest BCUT2D eigenvalue weighted by Gasteiger charge is 2.22. The molecule has 0 saturated carbocycles. The maximum atomic E-state index is 11.6. The fraction of sp³-hybridized carbons (Fsp3) is 0.769. The molecule has 0 rings (SSSR count). The van der Waals surface area contributed by atoms with Crippen LogP contribution in [0.5, 0.6) is 0 Å². The van der Waals surface area contributed by atoms with Crippen LogP contribution >= 0.6 is 0 Å². The molecular formula is C13H24N2O5. The van der Waals surface area contributed by atoms with E-state index in [-0.39, 0.29) is 18.3 Å². The summed E-state index contributed by atoms with van der Waals surface area (Å²) in [6, 6.07) is -1.66. The van der Waals surface area contributed by atoms with Gasteiger partial charge in [0.15, 0.2) is 0 Å². The summed E-state index contributed by atoms with van der Waals surface area (Å²) in [6.07, 6.45) is 0.818. The maximum absolute atomic E-state index is 11.6. The fourth-order valence-corrected chi connectivity index (χ4v) is 1.28. The van der Waals surface area contributed by atoms with Gasteiger partial charge in [-0.1, -0.05) is 20.8 Å². The number of amides is 2. The highest BCUT2D eigenvalue weighted by molar-refractivity contribution is 5.83. The average Bonchev–Trinajstić information content (AvgIpc) is 2.40. The molecule has 0 fully saturated rings. The minimum absolute atomic E-state index is 0.00734. The third-order valence-corrected chi connectivity index (χ3v) is 3.15. The quantitative estimate of drug-likeness (QED) is 0.581. The molecule has 0 bridgehead atoms. The zero-order valence-corrected chi connectivity index (χ0v) is 12.5. The summed E-state index contributed by atoms with van der Waals surface area (Å²) in [7, 11) is 1.23. The third-order valence-electron chi connectivity index (χ3n) is 3.15. The first-order valence-electron chi connectivity index (χ1n) is 6.56. The van der Waals surface area contributed by atoms with E-state index >= 15 is 0 Å². The molecule has 0 aliphatic rings. The standard InChI is InChI=1S/C13H24N2O5/c1-5-13(2,3)8-14-12(19)15-9(11(17)18)6-7-10(16)20-4/h9H,5-8H2,1-4H3,(H,17,18)(H2,14,15,19)/t9-/m1/s1. The predicted molar refractivity (Wildman–Crippen MR) is 73.3 cm³/mol. The second-order valence-corrected chi connectivity index (χ2v) is 5.35. The lowest BCUT2D eigenvalue weighted by Gasteiger charge is -2.23. The molecule has 7 nitrogen and oxygen atoms in total. The van der Waals surface area contributed by atoms with Crippen molar-refractivity contribution in [1.82, 2.24) is 10.6 Å². The van der Waals surface area contributed by atoms with Gasteiger partial charge in [-0.3, -0.25) is 4.79 Å². The molecule has 0 saturated heterocycles. The number of carboxylic acid groups (broad SMARTS) is 1. The summed E-state index contributed by atoms with van der Waals surface area (Å²) in [5.74, 6) is -1.69. The molecule has 2 amide bonds. The number of hydrogen-bond acceptors (Lipinski definition) is 4. The van der Waals surface area contributed by atoms with Crippen LogP contribution in [0.4, 0.5) is 4.79 Å². The van der Waals surface area contributed by atoms with Crippen molar-refractivity contribution in [2.75, 3.05) is 13.7 Å². The third kappa shape index (κ3) is 7.60. The Bertz CT molecular complexity index is 355. The normalized spacial score (nSPS) is 12.4. The van der Waals surface area contributed by atoms with Crippen LogP contribution in [0, 0.1) is 5.41 Å². The average molecular weight is 288 g/mol. The van der Waals surface area contributed by atoms with E-state index in [4.69, 9.17) is 5.11 Å². The van der Waals surface area contributed by atoms with Crippen LogP contribution in [0.25, 0.3) is 0 Å². The van der Waals surface area contributed by atoms with Gasteiger partial charge < -0.3 is 20.5 Å². The molecule has 0 aliphatic heterocycles. The first-order chi connectivity index (χ1) is 9.21. The Hall–Kier alpha value is -1.79. The van der Waals surface area contributed by atoms with Crippen LogP contribution in [0.3, 0.4) is 0 Å². The summed E-state index contributed by atoms with van der Waals surface area (Å²) in [5, 5.41) is 14.0. The molecule has 0 aromatic rings. The lowest BCUT2D eigenvalue weighted by molar-refractivity contribution is -0.142. The molecule has 0 radical (unpaired) electrons. The number of aliphatic carboxylic acids is 1. The zero-order chi connectivity index (χ0) is 15.8. The Morgan fingerprint density at radius 3 is 2.35 bits per heavy atom. The van der Waals surface area contributed by atoms with E-state index in [1.807, 2.05) is 20.8 Å². The molecule has 0 aromatic carbocycles. The summed E-state index contributed by atoms with van der Waals surface area (Å²) in [6.45, 7) is 6.45. The summed E-state index contributed by atoms with van der Waals surface area (Å²) >= 11 is 0. The summed E-state index contributed by atoms with van der Waals surface area (Å²) in [4.78, 5) is 33.6. The van der Waals surface area contributed by atoms with E-state index in [9.17, 15) is 14.4 Å². The van der Waals surface area contributed by atoms with Crippen molar-refractivity contribution in [3.05, 3.63) is 0 Å². The number of carbonyl (C=O) groups is 3. The molecule has 0 unspecified atom stereocenters. The van der Waals surface area contributed by atoms with Gasteiger partial charge >= 0.3 is 18.0 Å². The van der Waals surface area contributed by atoms with Crippen molar-refractivity contribution < 1.29 is 24.2 Å². The van der Waals surface area contributed by atoms with E-state index in [0.717, 1.165) is 6.42 Å². The number of hydrogen-bond donors (Lipinski definition) is 3. The Kier molecular flexibility index (Phi) is 7.64. The maximum Gasteiger partial charge on any atom is 0.326 e. The minimum atomic E-state index is -1.18. The van der Waals surface area contributed by atoms with E-state index in [0.29, 0.717) is 6.54 Å². The highest BCUT2D eigenvalue weighted by atomic mass is 16.5. The van der Waals surface area contributed by atoms with Crippen LogP contribution in [0.15, 0.2) is 0 Å². The van der Waals surface area contributed by atoms with E-state index < -0.39 is 24.0 Å². The Morgan fingerprint density at radius 1 is 1.30 bits per heavy atom. The van der Waals surface area contributed by atoms with Gasteiger partial charge in [0.1, 0.15) is 6.04 Å². The lowest BCUT2D eigenvalue weighted by atomic mass is 9.90. The smallest absolute Gasteiger partial charge is 0.326 e. The molecule has 0 aromatic heterocycles. The lowest BCUT2D eigenvalue weighted by Crippen LogP contribution is -2.48. The van der Waals surface area contributed by atoms with E-state index in [1.54, 1.807) is 0 Å². The van der Waals surface area contributed by atoms with Crippen molar-refractivity contribution in [2.24, 2.45) is 5.41 Å². The van der Waals surface area contributed by atoms with Crippen LogP contribution in [-0.4, -0.2) is 42.8 Å². The van der Waals surface area contributed by atoms with Crippen molar-refractivity contribution >= 4 is 18.0 Å². The topological polar surface area (TPSA) is 105 Å². The van der Waals surface area contributed by atoms with Gasteiger partial charge in [0.2, 0.25) is 0 Å². The number of carboxylic acids is 1. The highest BCUT2D eigenvalue weighted by Crippen LogP contribution is 2.17. The van der Waals surface area contributed by atoms with Gasteiger partial charge in [0.25, 0.3) is 0 Å². The molecule has 0 heterocycles. The van der Waals surface area contributed by atoms with Crippen LogP contribution < -0.4 is 10.6 Å². The number of carbonyl (C=O) groups excluding carboxylic acids is 2. The van der Waals surface area contributed by atoms with Gasteiger partial charge in [0.05, 0.1) is 7.11 Å². The Balaban J connectivity index is 4.28. The molecule has 0 spiro atoms. The minimum Gasteiger partial charge on any atom is -0.480 e. The number of esters is 1. The predicted octanol–water partition coefficient (Wildman–Crippen LogP) is 1.13. The van der Waals surface area contributed by atoms with Gasteiger partial charge in [-0.2, -0.15) is 0 Å². The number of methoxy groups -OCH3 is 1. The van der Waals surface area contributed by atoms with Gasteiger partial charge in [-0.05, 0) is 18.3 Å². The fourth-order valence-electron chi connectivity index (χ4n) is 1.28. The molecule has 20 heavy (non-hydrogen) atoms. The monoisotopic (exact) mass is 288 g/mol. The van der Waals surface area contributed by atoms with Crippen LogP contribution in [0.1, 0.15) is 40.0 Å². The number of rotatable bonds is 8. The van der Waals surface area contributed by atoms with Gasteiger partial charge in [0, 0.05) is 13.0 Å². The number of ether oxygens (including phenoxy) is 1. The largest absolute Gasteiger partial charge is 0.480 e. The molecular weight excluding hydrogens is 264 g/mol. The van der Waals surface area contributed by atoms with Crippen molar-refractivity contribution in [2.45, 2.75) is 46.1 Å². The number of urea groups is 1. The second kappa shape index (κ2) is 8.39. The van der Waals surface area contributed by atoms with E-state index in [2.05, 4.69) is 15.4 Å².